The van der Waals surface area contributed by atoms with E-state index in [2.05, 4.69) is 15.3 Å². The van der Waals surface area contributed by atoms with Crippen LogP contribution in [-0.2, 0) is 6.54 Å². The molecule has 1 heterocycles. The van der Waals surface area contributed by atoms with Gasteiger partial charge in [-0.3, -0.25) is 4.79 Å². The maximum Gasteiger partial charge on any atom is 0.251 e. The first-order valence-electron chi connectivity index (χ1n) is 7.20. The minimum atomic E-state index is -0.0990. The summed E-state index contributed by atoms with van der Waals surface area (Å²) >= 11 is 0. The average molecular weight is 291 g/mol. The van der Waals surface area contributed by atoms with Crippen molar-refractivity contribution >= 4 is 16.9 Å². The zero-order valence-corrected chi connectivity index (χ0v) is 12.6. The van der Waals surface area contributed by atoms with Crippen molar-refractivity contribution in [3.63, 3.8) is 0 Å². The van der Waals surface area contributed by atoms with E-state index in [-0.39, 0.29) is 5.91 Å². The van der Waals surface area contributed by atoms with Crippen molar-refractivity contribution in [1.29, 1.82) is 0 Å². The highest BCUT2D eigenvalue weighted by molar-refractivity contribution is 5.94. The van der Waals surface area contributed by atoms with Gasteiger partial charge in [0, 0.05) is 5.56 Å². The SMILES string of the molecule is Cc1cccc(C(=O)NCc2nc3ccccc3nc2C)c1. The van der Waals surface area contributed by atoms with Crippen LogP contribution in [0.5, 0.6) is 0 Å². The quantitative estimate of drug-likeness (QED) is 0.806. The summed E-state index contributed by atoms with van der Waals surface area (Å²) < 4.78 is 0. The first kappa shape index (κ1) is 14.2. The maximum absolute atomic E-state index is 12.2. The van der Waals surface area contributed by atoms with Crippen molar-refractivity contribution in [2.24, 2.45) is 0 Å². The molecule has 22 heavy (non-hydrogen) atoms. The van der Waals surface area contributed by atoms with Crippen LogP contribution >= 0.6 is 0 Å². The Morgan fingerprint density at radius 3 is 2.45 bits per heavy atom. The van der Waals surface area contributed by atoms with E-state index in [1.165, 1.54) is 0 Å². The molecule has 0 aliphatic carbocycles. The van der Waals surface area contributed by atoms with Gasteiger partial charge in [0.2, 0.25) is 0 Å². The summed E-state index contributed by atoms with van der Waals surface area (Å²) in [5, 5.41) is 2.91. The molecule has 0 saturated carbocycles. The predicted octanol–water partition coefficient (Wildman–Crippen LogP) is 3.18. The average Bonchev–Trinajstić information content (AvgIpc) is 2.52. The molecule has 4 nitrogen and oxygen atoms in total. The summed E-state index contributed by atoms with van der Waals surface area (Å²) in [5.74, 6) is -0.0990. The number of aryl methyl sites for hydroxylation is 2. The molecule has 0 spiro atoms. The highest BCUT2D eigenvalue weighted by atomic mass is 16.1. The Morgan fingerprint density at radius 1 is 1.00 bits per heavy atom. The lowest BCUT2D eigenvalue weighted by molar-refractivity contribution is 0.0950. The lowest BCUT2D eigenvalue weighted by Gasteiger charge is -2.08. The summed E-state index contributed by atoms with van der Waals surface area (Å²) in [6, 6.07) is 15.3. The number of aromatic nitrogens is 2. The molecule has 0 atom stereocenters. The Kier molecular flexibility index (Phi) is 3.83. The summed E-state index contributed by atoms with van der Waals surface area (Å²) in [6.07, 6.45) is 0. The fourth-order valence-corrected chi connectivity index (χ4v) is 2.34. The molecule has 0 aliphatic heterocycles. The molecule has 1 aromatic heterocycles. The van der Waals surface area contributed by atoms with Gasteiger partial charge < -0.3 is 5.32 Å². The smallest absolute Gasteiger partial charge is 0.251 e. The summed E-state index contributed by atoms with van der Waals surface area (Å²) in [6.45, 7) is 4.25. The molecule has 110 valence electrons. The monoisotopic (exact) mass is 291 g/mol. The van der Waals surface area contributed by atoms with Crippen molar-refractivity contribution in [3.8, 4) is 0 Å². The van der Waals surface area contributed by atoms with E-state index in [4.69, 9.17) is 0 Å². The van der Waals surface area contributed by atoms with Gasteiger partial charge in [-0.05, 0) is 38.1 Å². The molecule has 0 unspecified atom stereocenters. The van der Waals surface area contributed by atoms with E-state index in [0.717, 1.165) is 28.0 Å². The lowest BCUT2D eigenvalue weighted by atomic mass is 10.1. The molecule has 3 rings (SSSR count). The summed E-state index contributed by atoms with van der Waals surface area (Å²) in [7, 11) is 0. The zero-order chi connectivity index (χ0) is 15.5. The molecule has 2 aromatic carbocycles. The van der Waals surface area contributed by atoms with Crippen LogP contribution in [0.4, 0.5) is 0 Å². The fourth-order valence-electron chi connectivity index (χ4n) is 2.34. The van der Waals surface area contributed by atoms with Gasteiger partial charge in [-0.1, -0.05) is 29.8 Å². The molecule has 0 aliphatic rings. The summed E-state index contributed by atoms with van der Waals surface area (Å²) in [4.78, 5) is 21.3. The Balaban J connectivity index is 1.79. The van der Waals surface area contributed by atoms with E-state index >= 15 is 0 Å². The van der Waals surface area contributed by atoms with Crippen molar-refractivity contribution in [2.75, 3.05) is 0 Å². The molecule has 1 amide bonds. The van der Waals surface area contributed by atoms with E-state index in [9.17, 15) is 4.79 Å². The predicted molar refractivity (Wildman–Crippen MR) is 86.6 cm³/mol. The molecular weight excluding hydrogens is 274 g/mol. The Labute approximate surface area is 129 Å². The minimum absolute atomic E-state index is 0.0990. The second kappa shape index (κ2) is 5.93. The fraction of sp³-hybridized carbons (Fsp3) is 0.167. The van der Waals surface area contributed by atoms with Crippen LogP contribution in [0.1, 0.15) is 27.3 Å². The number of fused-ring (bicyclic) bond motifs is 1. The van der Waals surface area contributed by atoms with Gasteiger partial charge in [-0.2, -0.15) is 0 Å². The number of amides is 1. The van der Waals surface area contributed by atoms with E-state index in [1.807, 2.05) is 56.3 Å². The number of nitrogens with one attached hydrogen (secondary N) is 1. The molecule has 1 N–H and O–H groups in total. The number of hydrogen-bond donors (Lipinski definition) is 1. The topological polar surface area (TPSA) is 54.9 Å². The van der Waals surface area contributed by atoms with Crippen LogP contribution in [0.25, 0.3) is 11.0 Å². The molecule has 0 radical (unpaired) electrons. The number of carbonyl (C=O) groups excluding carboxylic acids is 1. The van der Waals surface area contributed by atoms with Crippen LogP contribution in [0.15, 0.2) is 48.5 Å². The Morgan fingerprint density at radius 2 is 1.73 bits per heavy atom. The highest BCUT2D eigenvalue weighted by Gasteiger charge is 2.09. The van der Waals surface area contributed by atoms with Gasteiger partial charge in [0.1, 0.15) is 0 Å². The number of para-hydroxylation sites is 2. The van der Waals surface area contributed by atoms with E-state index in [0.29, 0.717) is 12.1 Å². The normalized spacial score (nSPS) is 10.6. The Bertz CT molecular complexity index is 843. The van der Waals surface area contributed by atoms with Gasteiger partial charge in [-0.15, -0.1) is 0 Å². The minimum Gasteiger partial charge on any atom is -0.346 e. The lowest BCUT2D eigenvalue weighted by Crippen LogP contribution is -2.24. The third-order valence-corrected chi connectivity index (χ3v) is 3.54. The number of nitrogens with zero attached hydrogens (tertiary/aromatic N) is 2. The van der Waals surface area contributed by atoms with Crippen LogP contribution in [0, 0.1) is 13.8 Å². The second-order valence-corrected chi connectivity index (χ2v) is 5.30. The van der Waals surface area contributed by atoms with Crippen molar-refractivity contribution < 1.29 is 4.79 Å². The molecular formula is C18H17N3O. The molecule has 0 saturated heterocycles. The van der Waals surface area contributed by atoms with Gasteiger partial charge in [0.25, 0.3) is 5.91 Å². The van der Waals surface area contributed by atoms with Crippen molar-refractivity contribution in [1.82, 2.24) is 15.3 Å². The molecule has 0 fully saturated rings. The van der Waals surface area contributed by atoms with Crippen LogP contribution < -0.4 is 5.32 Å². The number of benzene rings is 2. The Hall–Kier alpha value is -2.75. The number of rotatable bonds is 3. The van der Waals surface area contributed by atoms with Gasteiger partial charge >= 0.3 is 0 Å². The van der Waals surface area contributed by atoms with Crippen molar-refractivity contribution in [3.05, 3.63) is 71.0 Å². The van der Waals surface area contributed by atoms with Crippen LogP contribution in [-0.4, -0.2) is 15.9 Å². The molecule has 0 bridgehead atoms. The number of hydrogen-bond acceptors (Lipinski definition) is 3. The molecule has 3 aromatic rings. The van der Waals surface area contributed by atoms with Gasteiger partial charge in [0.15, 0.2) is 0 Å². The first-order chi connectivity index (χ1) is 10.6. The van der Waals surface area contributed by atoms with E-state index < -0.39 is 0 Å². The summed E-state index contributed by atoms with van der Waals surface area (Å²) in [5.41, 5.74) is 5.06. The third-order valence-electron chi connectivity index (χ3n) is 3.54. The van der Waals surface area contributed by atoms with Gasteiger partial charge in [0.05, 0.1) is 29.0 Å². The number of carbonyl (C=O) groups is 1. The maximum atomic E-state index is 12.2. The largest absolute Gasteiger partial charge is 0.346 e. The highest BCUT2D eigenvalue weighted by Crippen LogP contribution is 2.12. The first-order valence-corrected chi connectivity index (χ1v) is 7.20. The van der Waals surface area contributed by atoms with Gasteiger partial charge in [-0.25, -0.2) is 9.97 Å². The van der Waals surface area contributed by atoms with Crippen LogP contribution in [0.2, 0.25) is 0 Å². The standard InChI is InChI=1S/C18H17N3O/c1-12-6-5-7-14(10-12)18(22)19-11-17-13(2)20-15-8-3-4-9-16(15)21-17/h3-10H,11H2,1-2H3,(H,19,22). The molecule has 4 heteroatoms. The van der Waals surface area contributed by atoms with E-state index in [1.54, 1.807) is 6.07 Å². The second-order valence-electron chi connectivity index (χ2n) is 5.30. The zero-order valence-electron chi connectivity index (χ0n) is 12.6. The van der Waals surface area contributed by atoms with Crippen molar-refractivity contribution in [2.45, 2.75) is 20.4 Å². The van der Waals surface area contributed by atoms with Crippen LogP contribution in [0.3, 0.4) is 0 Å². The third kappa shape index (κ3) is 2.96.